The first kappa shape index (κ1) is 17.4. The van der Waals surface area contributed by atoms with Gasteiger partial charge in [0.2, 0.25) is 0 Å². The molecule has 0 aliphatic heterocycles. The molecule has 0 radical (unpaired) electrons. The molecule has 0 amide bonds. The first-order chi connectivity index (χ1) is 11.5. The Kier molecular flexibility index (Phi) is 5.86. The van der Waals surface area contributed by atoms with E-state index in [1.165, 1.54) is 24.3 Å². The minimum Gasteiger partial charge on any atom is -0.497 e. The van der Waals surface area contributed by atoms with E-state index in [1.54, 1.807) is 20.3 Å². The number of rotatable bonds is 8. The molecule has 126 valence electrons. The van der Waals surface area contributed by atoms with Gasteiger partial charge in [-0.25, -0.2) is 0 Å². The smallest absolute Gasteiger partial charge is 0.269 e. The summed E-state index contributed by atoms with van der Waals surface area (Å²) in [6, 6.07) is 11.0. The van der Waals surface area contributed by atoms with Gasteiger partial charge in [0.05, 0.1) is 25.7 Å². The molecule has 7 nitrogen and oxygen atoms in total. The molecule has 0 heterocycles. The predicted molar refractivity (Wildman–Crippen MR) is 88.7 cm³/mol. The van der Waals surface area contributed by atoms with Crippen molar-refractivity contribution in [1.82, 2.24) is 5.32 Å². The van der Waals surface area contributed by atoms with Crippen LogP contribution in [-0.2, 0) is 6.54 Å². The van der Waals surface area contributed by atoms with Gasteiger partial charge >= 0.3 is 0 Å². The Balaban J connectivity index is 1.94. The van der Waals surface area contributed by atoms with Crippen molar-refractivity contribution < 1.29 is 19.2 Å². The van der Waals surface area contributed by atoms with Gasteiger partial charge in [0.25, 0.3) is 5.69 Å². The summed E-state index contributed by atoms with van der Waals surface area (Å²) in [6.07, 6.45) is 0. The fraction of sp³-hybridized carbons (Fsp3) is 0.235. The average Bonchev–Trinajstić information content (AvgIpc) is 2.61. The summed E-state index contributed by atoms with van der Waals surface area (Å²) in [6.45, 7) is 0.568. The fourth-order valence-corrected chi connectivity index (χ4v) is 2.18. The van der Waals surface area contributed by atoms with Gasteiger partial charge in [0.15, 0.2) is 5.78 Å². The van der Waals surface area contributed by atoms with Crippen molar-refractivity contribution in [1.29, 1.82) is 0 Å². The summed E-state index contributed by atoms with van der Waals surface area (Å²) in [7, 11) is 3.15. The molecular weight excluding hydrogens is 312 g/mol. The maximum atomic E-state index is 12.1. The minimum absolute atomic E-state index is 0.0394. The van der Waals surface area contributed by atoms with Crippen LogP contribution in [0.25, 0.3) is 0 Å². The number of benzene rings is 2. The molecule has 2 aromatic rings. The van der Waals surface area contributed by atoms with Crippen molar-refractivity contribution in [3.63, 3.8) is 0 Å². The van der Waals surface area contributed by atoms with Gasteiger partial charge in [0.1, 0.15) is 11.5 Å². The number of hydrogen-bond acceptors (Lipinski definition) is 6. The van der Waals surface area contributed by atoms with Crippen molar-refractivity contribution in [2.45, 2.75) is 6.54 Å². The number of nitrogens with zero attached hydrogens (tertiary/aromatic N) is 1. The van der Waals surface area contributed by atoms with Crippen molar-refractivity contribution in [3.8, 4) is 11.5 Å². The van der Waals surface area contributed by atoms with Crippen LogP contribution < -0.4 is 14.8 Å². The molecule has 0 fully saturated rings. The molecule has 2 rings (SSSR count). The Hall–Kier alpha value is -2.93. The lowest BCUT2D eigenvalue weighted by atomic mass is 10.1. The summed E-state index contributed by atoms with van der Waals surface area (Å²) in [5, 5.41) is 13.6. The topological polar surface area (TPSA) is 90.7 Å². The zero-order valence-corrected chi connectivity index (χ0v) is 13.4. The summed E-state index contributed by atoms with van der Waals surface area (Å²) >= 11 is 0. The van der Waals surface area contributed by atoms with Crippen molar-refractivity contribution in [3.05, 3.63) is 63.7 Å². The molecule has 0 aliphatic rings. The lowest BCUT2D eigenvalue weighted by Crippen LogP contribution is -2.22. The standard InChI is InChI=1S/C17H18N2O5/c1-23-15-8-5-13(17(9-15)24-2)10-18-11-16(20)12-3-6-14(7-4-12)19(21)22/h3-9,18H,10-11H2,1-2H3. The first-order valence-corrected chi connectivity index (χ1v) is 7.24. The summed E-state index contributed by atoms with van der Waals surface area (Å²) in [4.78, 5) is 22.2. The van der Waals surface area contributed by atoms with Crippen LogP contribution in [0.5, 0.6) is 11.5 Å². The van der Waals surface area contributed by atoms with E-state index >= 15 is 0 Å². The highest BCUT2D eigenvalue weighted by Crippen LogP contribution is 2.24. The molecule has 0 saturated heterocycles. The second-order valence-corrected chi connectivity index (χ2v) is 5.01. The largest absolute Gasteiger partial charge is 0.497 e. The second kappa shape index (κ2) is 8.07. The summed E-state index contributed by atoms with van der Waals surface area (Å²) < 4.78 is 10.4. The van der Waals surface area contributed by atoms with Crippen LogP contribution in [-0.4, -0.2) is 31.5 Å². The predicted octanol–water partition coefficient (Wildman–Crippen LogP) is 2.58. The van der Waals surface area contributed by atoms with E-state index in [0.29, 0.717) is 23.6 Å². The van der Waals surface area contributed by atoms with Crippen LogP contribution in [0.3, 0.4) is 0 Å². The molecule has 0 unspecified atom stereocenters. The third-order valence-electron chi connectivity index (χ3n) is 3.50. The van der Waals surface area contributed by atoms with Crippen LogP contribution in [0.2, 0.25) is 0 Å². The zero-order chi connectivity index (χ0) is 17.5. The molecule has 0 spiro atoms. The number of ketones is 1. The Morgan fingerprint density at radius 1 is 1.12 bits per heavy atom. The van der Waals surface area contributed by atoms with Gasteiger partial charge < -0.3 is 14.8 Å². The maximum Gasteiger partial charge on any atom is 0.269 e. The molecule has 0 saturated carbocycles. The van der Waals surface area contributed by atoms with Crippen LogP contribution >= 0.6 is 0 Å². The van der Waals surface area contributed by atoms with Gasteiger partial charge in [-0.2, -0.15) is 0 Å². The first-order valence-electron chi connectivity index (χ1n) is 7.24. The Bertz CT molecular complexity index is 728. The second-order valence-electron chi connectivity index (χ2n) is 5.01. The van der Waals surface area contributed by atoms with Crippen LogP contribution in [0.15, 0.2) is 42.5 Å². The van der Waals surface area contributed by atoms with E-state index in [9.17, 15) is 14.9 Å². The van der Waals surface area contributed by atoms with Gasteiger partial charge in [-0.15, -0.1) is 0 Å². The quantitative estimate of drug-likeness (QED) is 0.454. The summed E-state index contributed by atoms with van der Waals surface area (Å²) in [5.74, 6) is 1.22. The lowest BCUT2D eigenvalue weighted by Gasteiger charge is -2.11. The zero-order valence-electron chi connectivity index (χ0n) is 13.4. The normalized spacial score (nSPS) is 10.2. The molecule has 0 aromatic heterocycles. The average molecular weight is 330 g/mol. The SMILES string of the molecule is COc1ccc(CNCC(=O)c2ccc([N+](=O)[O-])cc2)c(OC)c1. The Labute approximate surface area is 139 Å². The number of nitro groups is 1. The van der Waals surface area contributed by atoms with E-state index in [-0.39, 0.29) is 18.0 Å². The molecule has 0 aliphatic carbocycles. The van der Waals surface area contributed by atoms with Crippen molar-refractivity contribution >= 4 is 11.5 Å². The van der Waals surface area contributed by atoms with Gasteiger partial charge in [-0.05, 0) is 18.2 Å². The number of carbonyl (C=O) groups is 1. The molecular formula is C17H18N2O5. The van der Waals surface area contributed by atoms with Crippen molar-refractivity contribution in [2.75, 3.05) is 20.8 Å². The summed E-state index contributed by atoms with van der Waals surface area (Å²) in [5.41, 5.74) is 1.28. The number of non-ortho nitro benzene ring substituents is 1. The number of hydrogen-bond donors (Lipinski definition) is 1. The van der Waals surface area contributed by atoms with E-state index < -0.39 is 4.92 Å². The van der Waals surface area contributed by atoms with Gasteiger partial charge in [-0.3, -0.25) is 14.9 Å². The molecule has 7 heteroatoms. The molecule has 0 atom stereocenters. The molecule has 24 heavy (non-hydrogen) atoms. The number of Topliss-reactive ketones (excluding diaryl/α,β-unsaturated/α-hetero) is 1. The number of nitro benzene ring substituents is 1. The van der Waals surface area contributed by atoms with Crippen LogP contribution in [0.1, 0.15) is 15.9 Å². The number of ether oxygens (including phenoxy) is 2. The Morgan fingerprint density at radius 2 is 1.83 bits per heavy atom. The molecule has 1 N–H and O–H groups in total. The third kappa shape index (κ3) is 4.30. The van der Waals surface area contributed by atoms with E-state index in [2.05, 4.69) is 5.32 Å². The van der Waals surface area contributed by atoms with Crippen LogP contribution in [0.4, 0.5) is 5.69 Å². The highest BCUT2D eigenvalue weighted by atomic mass is 16.6. The molecule has 0 bridgehead atoms. The number of methoxy groups -OCH3 is 2. The number of nitrogens with one attached hydrogen (secondary N) is 1. The Morgan fingerprint density at radius 3 is 2.42 bits per heavy atom. The minimum atomic E-state index is -0.498. The van der Waals surface area contributed by atoms with Gasteiger partial charge in [0, 0.05) is 35.9 Å². The van der Waals surface area contributed by atoms with Gasteiger partial charge in [-0.1, -0.05) is 6.07 Å². The monoisotopic (exact) mass is 330 g/mol. The highest BCUT2D eigenvalue weighted by molar-refractivity contribution is 5.97. The van der Waals surface area contributed by atoms with E-state index in [1.807, 2.05) is 12.1 Å². The maximum absolute atomic E-state index is 12.1. The fourth-order valence-electron chi connectivity index (χ4n) is 2.18. The molecule has 2 aromatic carbocycles. The van der Waals surface area contributed by atoms with Crippen molar-refractivity contribution in [2.24, 2.45) is 0 Å². The van der Waals surface area contributed by atoms with Crippen LogP contribution in [0, 0.1) is 10.1 Å². The third-order valence-corrected chi connectivity index (χ3v) is 3.50. The van der Waals surface area contributed by atoms with E-state index in [4.69, 9.17) is 9.47 Å². The highest BCUT2D eigenvalue weighted by Gasteiger charge is 2.10. The number of carbonyl (C=O) groups excluding carboxylic acids is 1. The van der Waals surface area contributed by atoms with E-state index in [0.717, 1.165) is 5.56 Å². The lowest BCUT2D eigenvalue weighted by molar-refractivity contribution is -0.384.